The second-order valence-corrected chi connectivity index (χ2v) is 8.15. The molecule has 2 heterocycles. The first-order valence-corrected chi connectivity index (χ1v) is 11.2. The zero-order valence-electron chi connectivity index (χ0n) is 18.3. The third-order valence-electron chi connectivity index (χ3n) is 6.04. The summed E-state index contributed by atoms with van der Waals surface area (Å²) in [6.45, 7) is 3.90. The second-order valence-electron chi connectivity index (χ2n) is 8.15. The Kier molecular flexibility index (Phi) is 6.63. The third-order valence-corrected chi connectivity index (χ3v) is 6.04. The Morgan fingerprint density at radius 2 is 1.72 bits per heavy atom. The Bertz CT molecular complexity index is 1150. The van der Waals surface area contributed by atoms with E-state index in [2.05, 4.69) is 4.98 Å². The quantitative estimate of drug-likeness (QED) is 0.600. The molecule has 2 aromatic carbocycles. The lowest BCUT2D eigenvalue weighted by atomic mass is 10.0. The van der Waals surface area contributed by atoms with Crippen molar-refractivity contribution in [2.24, 2.45) is 0 Å². The smallest absolute Gasteiger partial charge is 0.269 e. The molecule has 166 valence electrons. The van der Waals surface area contributed by atoms with E-state index in [0.29, 0.717) is 36.2 Å². The molecule has 0 atom stereocenters. The largest absolute Gasteiger partial charge is 0.338 e. The highest BCUT2D eigenvalue weighted by molar-refractivity contribution is 5.94. The number of nitrogens with zero attached hydrogens (tertiary/aromatic N) is 4. The van der Waals surface area contributed by atoms with Crippen LogP contribution < -0.4 is 5.56 Å². The molecule has 4 rings (SSSR count). The van der Waals surface area contributed by atoms with Crippen LogP contribution in [-0.4, -0.2) is 56.8 Å². The standard InChI is InChI=1S/C25H28N4O3/c1-2-14-28(20-12-15-27(16-13-20)25(32)19-8-4-3-5-9-19)24(31)18-29-22-11-7-6-10-21(22)26-17-23(29)30/h3-11,17,20H,2,12-16,18H2,1H3. The van der Waals surface area contributed by atoms with Gasteiger partial charge in [0, 0.05) is 31.2 Å². The van der Waals surface area contributed by atoms with Gasteiger partial charge in [-0.2, -0.15) is 0 Å². The van der Waals surface area contributed by atoms with Crippen LogP contribution in [0.4, 0.5) is 0 Å². The Morgan fingerprint density at radius 1 is 1.03 bits per heavy atom. The minimum Gasteiger partial charge on any atom is -0.338 e. The first-order valence-electron chi connectivity index (χ1n) is 11.2. The van der Waals surface area contributed by atoms with Crippen molar-refractivity contribution < 1.29 is 9.59 Å². The summed E-state index contributed by atoms with van der Waals surface area (Å²) in [5.74, 6) is -0.0367. The molecule has 2 amide bonds. The molecule has 32 heavy (non-hydrogen) atoms. The highest BCUT2D eigenvalue weighted by atomic mass is 16.2. The Balaban J connectivity index is 1.46. The summed E-state index contributed by atoms with van der Waals surface area (Å²) in [4.78, 5) is 46.4. The number of amides is 2. The van der Waals surface area contributed by atoms with Gasteiger partial charge < -0.3 is 9.80 Å². The lowest BCUT2D eigenvalue weighted by Crippen LogP contribution is -2.50. The van der Waals surface area contributed by atoms with E-state index in [1.165, 1.54) is 10.8 Å². The van der Waals surface area contributed by atoms with Gasteiger partial charge in [0.1, 0.15) is 6.54 Å². The summed E-state index contributed by atoms with van der Waals surface area (Å²) in [6, 6.07) is 16.7. The SMILES string of the molecule is CCCN(C(=O)Cn1c(=O)cnc2ccccc21)C1CCN(C(=O)c2ccccc2)CC1. The molecular weight excluding hydrogens is 404 g/mol. The van der Waals surface area contributed by atoms with Crippen molar-refractivity contribution in [3.05, 3.63) is 76.7 Å². The Labute approximate surface area is 187 Å². The van der Waals surface area contributed by atoms with Crippen molar-refractivity contribution in [1.29, 1.82) is 0 Å². The van der Waals surface area contributed by atoms with E-state index in [9.17, 15) is 14.4 Å². The number of carbonyl (C=O) groups is 2. The van der Waals surface area contributed by atoms with Gasteiger partial charge in [0.05, 0.1) is 17.2 Å². The highest BCUT2D eigenvalue weighted by Gasteiger charge is 2.30. The molecule has 1 fully saturated rings. The first-order chi connectivity index (χ1) is 15.6. The van der Waals surface area contributed by atoms with E-state index >= 15 is 0 Å². The van der Waals surface area contributed by atoms with E-state index in [1.54, 1.807) is 0 Å². The molecule has 3 aromatic rings. The molecule has 7 heteroatoms. The van der Waals surface area contributed by atoms with Crippen LogP contribution in [0.15, 0.2) is 65.6 Å². The number of likely N-dealkylation sites (tertiary alicyclic amines) is 1. The zero-order chi connectivity index (χ0) is 22.5. The van der Waals surface area contributed by atoms with Gasteiger partial charge in [-0.3, -0.25) is 19.0 Å². The fraction of sp³-hybridized carbons (Fsp3) is 0.360. The molecule has 1 saturated heterocycles. The van der Waals surface area contributed by atoms with Crippen LogP contribution in [0.25, 0.3) is 11.0 Å². The molecule has 0 radical (unpaired) electrons. The number of fused-ring (bicyclic) bond motifs is 1. The van der Waals surface area contributed by atoms with Gasteiger partial charge in [0.25, 0.3) is 11.5 Å². The van der Waals surface area contributed by atoms with Crippen LogP contribution in [0, 0.1) is 0 Å². The van der Waals surface area contributed by atoms with Crippen LogP contribution >= 0.6 is 0 Å². The van der Waals surface area contributed by atoms with Crippen molar-refractivity contribution in [3.63, 3.8) is 0 Å². The van der Waals surface area contributed by atoms with Crippen LogP contribution in [0.1, 0.15) is 36.5 Å². The monoisotopic (exact) mass is 432 g/mol. The molecule has 0 saturated carbocycles. The lowest BCUT2D eigenvalue weighted by molar-refractivity contribution is -0.135. The van der Waals surface area contributed by atoms with Gasteiger partial charge in [-0.05, 0) is 43.5 Å². The van der Waals surface area contributed by atoms with E-state index in [1.807, 2.05) is 71.3 Å². The average Bonchev–Trinajstić information content (AvgIpc) is 2.84. The summed E-state index contributed by atoms with van der Waals surface area (Å²) in [5, 5.41) is 0. The van der Waals surface area contributed by atoms with Gasteiger partial charge in [-0.25, -0.2) is 4.98 Å². The van der Waals surface area contributed by atoms with E-state index in [0.717, 1.165) is 19.3 Å². The number of benzene rings is 2. The predicted octanol–water partition coefficient (Wildman–Crippen LogP) is 2.94. The lowest BCUT2D eigenvalue weighted by Gasteiger charge is -2.38. The number of rotatable bonds is 6. The summed E-state index contributed by atoms with van der Waals surface area (Å²) >= 11 is 0. The molecule has 0 N–H and O–H groups in total. The maximum absolute atomic E-state index is 13.3. The van der Waals surface area contributed by atoms with Crippen LogP contribution in [0.3, 0.4) is 0 Å². The number of para-hydroxylation sites is 2. The molecule has 0 spiro atoms. The number of hydrogen-bond acceptors (Lipinski definition) is 4. The van der Waals surface area contributed by atoms with Crippen molar-refractivity contribution >= 4 is 22.8 Å². The van der Waals surface area contributed by atoms with E-state index in [4.69, 9.17) is 0 Å². The molecular formula is C25H28N4O3. The molecule has 0 bridgehead atoms. The molecule has 1 aliphatic rings. The van der Waals surface area contributed by atoms with Gasteiger partial charge >= 0.3 is 0 Å². The maximum Gasteiger partial charge on any atom is 0.269 e. The Hall–Kier alpha value is -3.48. The topological polar surface area (TPSA) is 75.5 Å². The number of aromatic nitrogens is 2. The van der Waals surface area contributed by atoms with Gasteiger partial charge in [0.15, 0.2) is 0 Å². The number of carbonyl (C=O) groups excluding carboxylic acids is 2. The number of hydrogen-bond donors (Lipinski definition) is 0. The van der Waals surface area contributed by atoms with Crippen molar-refractivity contribution in [2.45, 2.75) is 38.8 Å². The fourth-order valence-electron chi connectivity index (χ4n) is 4.40. The fourth-order valence-corrected chi connectivity index (χ4v) is 4.40. The summed E-state index contributed by atoms with van der Waals surface area (Å²) < 4.78 is 1.50. The van der Waals surface area contributed by atoms with Crippen LogP contribution in [-0.2, 0) is 11.3 Å². The van der Waals surface area contributed by atoms with E-state index in [-0.39, 0.29) is 30.0 Å². The highest BCUT2D eigenvalue weighted by Crippen LogP contribution is 2.20. The summed E-state index contributed by atoms with van der Waals surface area (Å²) in [6.07, 6.45) is 3.57. The van der Waals surface area contributed by atoms with Crippen molar-refractivity contribution in [3.8, 4) is 0 Å². The van der Waals surface area contributed by atoms with Crippen LogP contribution in [0.5, 0.6) is 0 Å². The number of piperidine rings is 1. The minimum absolute atomic E-state index is 0.00890. The van der Waals surface area contributed by atoms with Gasteiger partial charge in [-0.15, -0.1) is 0 Å². The van der Waals surface area contributed by atoms with Crippen LogP contribution in [0.2, 0.25) is 0 Å². The maximum atomic E-state index is 13.3. The molecule has 7 nitrogen and oxygen atoms in total. The molecule has 0 aliphatic carbocycles. The van der Waals surface area contributed by atoms with Gasteiger partial charge in [-0.1, -0.05) is 37.3 Å². The molecule has 1 aromatic heterocycles. The summed E-state index contributed by atoms with van der Waals surface area (Å²) in [7, 11) is 0. The van der Waals surface area contributed by atoms with Gasteiger partial charge in [0.2, 0.25) is 5.91 Å². The Morgan fingerprint density at radius 3 is 2.44 bits per heavy atom. The third kappa shape index (κ3) is 4.56. The van der Waals surface area contributed by atoms with E-state index < -0.39 is 0 Å². The summed E-state index contributed by atoms with van der Waals surface area (Å²) in [5.41, 5.74) is 1.76. The average molecular weight is 433 g/mol. The normalized spacial score (nSPS) is 14.5. The molecule has 1 aliphatic heterocycles. The zero-order valence-corrected chi connectivity index (χ0v) is 18.3. The minimum atomic E-state index is -0.281. The van der Waals surface area contributed by atoms with Crippen molar-refractivity contribution in [1.82, 2.24) is 19.4 Å². The van der Waals surface area contributed by atoms with Crippen molar-refractivity contribution in [2.75, 3.05) is 19.6 Å². The molecule has 0 unspecified atom stereocenters. The predicted molar refractivity (Wildman–Crippen MR) is 123 cm³/mol. The first kappa shape index (κ1) is 21.7. The second kappa shape index (κ2) is 9.77.